The van der Waals surface area contributed by atoms with Crippen molar-refractivity contribution in [2.75, 3.05) is 5.32 Å². The summed E-state index contributed by atoms with van der Waals surface area (Å²) in [6, 6.07) is 13.6. The molecular weight excluding hydrogens is 410 g/mol. The van der Waals surface area contributed by atoms with Crippen LogP contribution in [0.25, 0.3) is 5.69 Å². The Morgan fingerprint density at radius 3 is 2.77 bits per heavy atom. The van der Waals surface area contributed by atoms with Crippen molar-refractivity contribution in [3.05, 3.63) is 74.9 Å². The monoisotopic (exact) mass is 427 g/mol. The van der Waals surface area contributed by atoms with Crippen molar-refractivity contribution in [1.29, 1.82) is 0 Å². The maximum atomic E-state index is 12.9. The Hall–Kier alpha value is -2.05. The number of benzene rings is 2. The third-order valence-electron chi connectivity index (χ3n) is 4.71. The Bertz CT molecular complexity index is 1010. The third-order valence-corrected chi connectivity index (χ3v) is 6.37. The van der Waals surface area contributed by atoms with Crippen LogP contribution < -0.4 is 5.32 Å². The Morgan fingerprint density at radius 2 is 1.96 bits per heavy atom. The van der Waals surface area contributed by atoms with E-state index in [4.69, 9.17) is 5.10 Å². The van der Waals surface area contributed by atoms with Crippen LogP contribution in [-0.4, -0.2) is 15.7 Å². The Kier molecular flexibility index (Phi) is 4.63. The fraction of sp³-hybridized carbons (Fsp3) is 0.200. The molecule has 0 fully saturated rings. The Labute approximate surface area is 165 Å². The summed E-state index contributed by atoms with van der Waals surface area (Å²) >= 11 is 5.29. The van der Waals surface area contributed by atoms with Crippen molar-refractivity contribution < 1.29 is 4.79 Å². The second-order valence-electron chi connectivity index (χ2n) is 6.33. The normalized spacial score (nSPS) is 12.9. The fourth-order valence-electron chi connectivity index (χ4n) is 3.10. The molecule has 1 aliphatic heterocycles. The molecule has 6 heteroatoms. The predicted molar refractivity (Wildman–Crippen MR) is 110 cm³/mol. The topological polar surface area (TPSA) is 46.9 Å². The lowest BCUT2D eigenvalue weighted by Gasteiger charge is -2.14. The first-order chi connectivity index (χ1) is 12.6. The standard InChI is InChI=1S/C20H18BrN3OS/c1-12-6-5-9-18(13(12)2)24-19(15-10-26-11-17(15)23-24)22-20(25)14-7-3-4-8-16(14)21/h3-9H,10-11H2,1-2H3,(H,22,25). The molecule has 3 aromatic rings. The molecule has 0 unspecified atom stereocenters. The minimum Gasteiger partial charge on any atom is -0.306 e. The van der Waals surface area contributed by atoms with Gasteiger partial charge in [-0.1, -0.05) is 24.3 Å². The number of thioether (sulfide) groups is 1. The van der Waals surface area contributed by atoms with Crippen molar-refractivity contribution >= 4 is 39.4 Å². The molecule has 1 aromatic heterocycles. The summed E-state index contributed by atoms with van der Waals surface area (Å²) in [6.45, 7) is 4.18. The van der Waals surface area contributed by atoms with Crippen molar-refractivity contribution in [1.82, 2.24) is 9.78 Å². The van der Waals surface area contributed by atoms with Gasteiger partial charge in [-0.15, -0.1) is 0 Å². The van der Waals surface area contributed by atoms with Crippen LogP contribution in [0.5, 0.6) is 0 Å². The molecular formula is C20H18BrN3OS. The first-order valence-electron chi connectivity index (χ1n) is 8.37. The summed E-state index contributed by atoms with van der Waals surface area (Å²) in [7, 11) is 0. The molecule has 4 nitrogen and oxygen atoms in total. The molecule has 1 N–H and O–H groups in total. The number of nitrogens with one attached hydrogen (secondary N) is 1. The average Bonchev–Trinajstić information content (AvgIpc) is 3.20. The summed E-state index contributed by atoms with van der Waals surface area (Å²) < 4.78 is 2.67. The van der Waals surface area contributed by atoms with Crippen molar-refractivity contribution in [2.24, 2.45) is 0 Å². The number of nitrogens with zero attached hydrogens (tertiary/aromatic N) is 2. The SMILES string of the molecule is Cc1cccc(-n2nc3c(c2NC(=O)c2ccccc2Br)CSC3)c1C. The fourth-order valence-corrected chi connectivity index (χ4v) is 4.60. The number of aryl methyl sites for hydroxylation is 1. The van der Waals surface area contributed by atoms with E-state index in [-0.39, 0.29) is 5.91 Å². The molecule has 26 heavy (non-hydrogen) atoms. The summed E-state index contributed by atoms with van der Waals surface area (Å²) in [5.74, 6) is 2.39. The molecule has 0 aliphatic carbocycles. The number of halogens is 1. The van der Waals surface area contributed by atoms with E-state index >= 15 is 0 Å². The van der Waals surface area contributed by atoms with Gasteiger partial charge in [-0.25, -0.2) is 4.68 Å². The van der Waals surface area contributed by atoms with Crippen molar-refractivity contribution in [3.63, 3.8) is 0 Å². The number of fused-ring (bicyclic) bond motifs is 1. The largest absolute Gasteiger partial charge is 0.306 e. The van der Waals surface area contributed by atoms with Gasteiger partial charge in [0, 0.05) is 21.5 Å². The molecule has 132 valence electrons. The predicted octanol–water partition coefficient (Wildman–Crippen LogP) is 5.25. The molecule has 1 aliphatic rings. The second-order valence-corrected chi connectivity index (χ2v) is 8.17. The first-order valence-corrected chi connectivity index (χ1v) is 10.3. The highest BCUT2D eigenvalue weighted by molar-refractivity contribution is 9.10. The molecule has 0 bridgehead atoms. The molecule has 0 saturated carbocycles. The van der Waals surface area contributed by atoms with Gasteiger partial charge in [-0.3, -0.25) is 4.79 Å². The van der Waals surface area contributed by atoms with E-state index < -0.39 is 0 Å². The van der Waals surface area contributed by atoms with Crippen LogP contribution in [0.3, 0.4) is 0 Å². The Morgan fingerprint density at radius 1 is 1.15 bits per heavy atom. The van der Waals surface area contributed by atoms with Gasteiger partial charge in [-0.05, 0) is 59.1 Å². The second kappa shape index (κ2) is 6.93. The number of amides is 1. The molecule has 2 aromatic carbocycles. The molecule has 4 rings (SSSR count). The van der Waals surface area contributed by atoms with Gasteiger partial charge >= 0.3 is 0 Å². The number of rotatable bonds is 3. The van der Waals surface area contributed by atoms with E-state index in [9.17, 15) is 4.79 Å². The van der Waals surface area contributed by atoms with Gasteiger partial charge in [0.05, 0.1) is 16.9 Å². The van der Waals surface area contributed by atoms with Crippen LogP contribution in [0.1, 0.15) is 32.7 Å². The number of aromatic nitrogens is 2. The van der Waals surface area contributed by atoms with Crippen LogP contribution in [0.15, 0.2) is 46.9 Å². The maximum Gasteiger partial charge on any atom is 0.257 e. The van der Waals surface area contributed by atoms with Crippen molar-refractivity contribution in [3.8, 4) is 5.69 Å². The maximum absolute atomic E-state index is 12.9. The van der Waals surface area contributed by atoms with E-state index in [2.05, 4.69) is 41.2 Å². The zero-order chi connectivity index (χ0) is 18.3. The number of anilines is 1. The number of hydrogen-bond acceptors (Lipinski definition) is 3. The van der Waals surface area contributed by atoms with Crippen LogP contribution >= 0.6 is 27.7 Å². The lowest BCUT2D eigenvalue weighted by atomic mass is 10.1. The lowest BCUT2D eigenvalue weighted by molar-refractivity contribution is 0.102. The number of carbonyl (C=O) groups is 1. The summed E-state index contributed by atoms with van der Waals surface area (Å²) in [5, 5.41) is 7.91. The summed E-state index contributed by atoms with van der Waals surface area (Å²) in [6.07, 6.45) is 0. The van der Waals surface area contributed by atoms with Gasteiger partial charge in [0.15, 0.2) is 0 Å². The van der Waals surface area contributed by atoms with Crippen LogP contribution in [0.4, 0.5) is 5.82 Å². The third kappa shape index (κ3) is 2.97. The first kappa shape index (κ1) is 17.4. The van der Waals surface area contributed by atoms with Gasteiger partial charge in [0.2, 0.25) is 0 Å². The molecule has 0 spiro atoms. The summed E-state index contributed by atoms with van der Waals surface area (Å²) in [4.78, 5) is 12.9. The lowest BCUT2D eigenvalue weighted by Crippen LogP contribution is -2.17. The highest BCUT2D eigenvalue weighted by Gasteiger charge is 2.26. The van der Waals surface area contributed by atoms with E-state index in [1.807, 2.05) is 52.8 Å². The molecule has 0 saturated heterocycles. The molecule has 0 atom stereocenters. The number of hydrogen-bond donors (Lipinski definition) is 1. The zero-order valence-electron chi connectivity index (χ0n) is 14.5. The average molecular weight is 428 g/mol. The molecule has 1 amide bonds. The van der Waals surface area contributed by atoms with Gasteiger partial charge in [0.1, 0.15) is 5.82 Å². The van der Waals surface area contributed by atoms with Crippen LogP contribution in [-0.2, 0) is 11.5 Å². The van der Waals surface area contributed by atoms with Gasteiger partial charge < -0.3 is 5.32 Å². The van der Waals surface area contributed by atoms with E-state index in [1.165, 1.54) is 5.56 Å². The highest BCUT2D eigenvalue weighted by atomic mass is 79.9. The van der Waals surface area contributed by atoms with Gasteiger partial charge in [-0.2, -0.15) is 16.9 Å². The van der Waals surface area contributed by atoms with E-state index in [1.54, 1.807) is 0 Å². The quantitative estimate of drug-likeness (QED) is 0.620. The summed E-state index contributed by atoms with van der Waals surface area (Å²) in [5.41, 5.74) is 6.16. The van der Waals surface area contributed by atoms with Crippen molar-refractivity contribution in [2.45, 2.75) is 25.4 Å². The minimum atomic E-state index is -0.136. The van der Waals surface area contributed by atoms with E-state index in [0.29, 0.717) is 5.56 Å². The van der Waals surface area contributed by atoms with Crippen LogP contribution in [0, 0.1) is 13.8 Å². The molecule has 0 radical (unpaired) electrons. The smallest absolute Gasteiger partial charge is 0.257 e. The van der Waals surface area contributed by atoms with Crippen LogP contribution in [0.2, 0.25) is 0 Å². The highest BCUT2D eigenvalue weighted by Crippen LogP contribution is 2.37. The van der Waals surface area contributed by atoms with Gasteiger partial charge in [0.25, 0.3) is 5.91 Å². The minimum absolute atomic E-state index is 0.136. The molecule has 2 heterocycles. The zero-order valence-corrected chi connectivity index (χ0v) is 16.9. The Balaban J connectivity index is 1.80. The van der Waals surface area contributed by atoms with E-state index in [0.717, 1.165) is 44.3 Å². The number of carbonyl (C=O) groups excluding carboxylic acids is 1.